The van der Waals surface area contributed by atoms with E-state index in [4.69, 9.17) is 4.42 Å². The maximum atomic E-state index is 12.2. The monoisotopic (exact) mass is 380 g/mol. The fraction of sp³-hybridized carbons (Fsp3) is 0.143. The van der Waals surface area contributed by atoms with Gasteiger partial charge >= 0.3 is 0 Å². The second-order valence-corrected chi connectivity index (χ2v) is 7.03. The summed E-state index contributed by atoms with van der Waals surface area (Å²) in [7, 11) is 0. The first-order chi connectivity index (χ1) is 13.1. The summed E-state index contributed by atoms with van der Waals surface area (Å²) in [5.74, 6) is 0.960. The van der Waals surface area contributed by atoms with Crippen LogP contribution in [0.25, 0.3) is 0 Å². The molecule has 0 saturated heterocycles. The number of rotatable bonds is 7. The summed E-state index contributed by atoms with van der Waals surface area (Å²) in [6.07, 6.45) is 1.44. The molecule has 138 valence electrons. The third-order valence-electron chi connectivity index (χ3n) is 3.73. The standard InChI is InChI=1S/C21H20N2O3S/c1-15-5-2-6-16(11-15)13-27-14-20(24)22-17-7-3-8-18(12-17)23-21(25)19-9-4-10-26-19/h2-12H,13-14H2,1H3,(H,22,24)(H,23,25). The molecule has 0 aliphatic heterocycles. The maximum Gasteiger partial charge on any atom is 0.291 e. The molecule has 0 unspecified atom stereocenters. The van der Waals surface area contributed by atoms with Crippen LogP contribution in [0.5, 0.6) is 0 Å². The summed E-state index contributed by atoms with van der Waals surface area (Å²) in [5, 5.41) is 5.59. The molecule has 3 aromatic rings. The van der Waals surface area contributed by atoms with Gasteiger partial charge in [-0.2, -0.15) is 0 Å². The van der Waals surface area contributed by atoms with Crippen LogP contribution in [-0.4, -0.2) is 17.6 Å². The molecular weight excluding hydrogens is 360 g/mol. The number of anilines is 2. The Morgan fingerprint density at radius 1 is 0.963 bits per heavy atom. The predicted molar refractivity (Wildman–Crippen MR) is 109 cm³/mol. The molecule has 2 N–H and O–H groups in total. The zero-order valence-electron chi connectivity index (χ0n) is 14.9. The van der Waals surface area contributed by atoms with Crippen molar-refractivity contribution in [3.8, 4) is 0 Å². The van der Waals surface area contributed by atoms with E-state index in [1.165, 1.54) is 17.4 Å². The predicted octanol–water partition coefficient (Wildman–Crippen LogP) is 4.71. The fourth-order valence-corrected chi connectivity index (χ4v) is 3.31. The SMILES string of the molecule is Cc1cccc(CSCC(=O)Nc2cccc(NC(=O)c3ccco3)c2)c1. The molecule has 6 heteroatoms. The minimum absolute atomic E-state index is 0.0813. The average molecular weight is 380 g/mol. The van der Waals surface area contributed by atoms with E-state index in [2.05, 4.69) is 35.8 Å². The summed E-state index contributed by atoms with van der Waals surface area (Å²) in [6, 6.07) is 18.5. The Morgan fingerprint density at radius 2 is 1.74 bits per heavy atom. The molecule has 0 atom stereocenters. The smallest absolute Gasteiger partial charge is 0.291 e. The van der Waals surface area contributed by atoms with Gasteiger partial charge in [-0.15, -0.1) is 11.8 Å². The minimum atomic E-state index is -0.336. The lowest BCUT2D eigenvalue weighted by molar-refractivity contribution is -0.113. The molecule has 0 spiro atoms. The Hall–Kier alpha value is -2.99. The molecule has 27 heavy (non-hydrogen) atoms. The van der Waals surface area contributed by atoms with Crippen LogP contribution in [-0.2, 0) is 10.5 Å². The first-order valence-corrected chi connectivity index (χ1v) is 9.64. The van der Waals surface area contributed by atoms with Crippen LogP contribution in [0.1, 0.15) is 21.7 Å². The van der Waals surface area contributed by atoms with Gasteiger partial charge in [0.25, 0.3) is 5.91 Å². The third kappa shape index (κ3) is 5.76. The molecule has 3 rings (SSSR count). The van der Waals surface area contributed by atoms with E-state index in [1.54, 1.807) is 48.2 Å². The van der Waals surface area contributed by atoms with Crippen molar-refractivity contribution >= 4 is 35.0 Å². The molecule has 0 bridgehead atoms. The summed E-state index contributed by atoms with van der Waals surface area (Å²) < 4.78 is 5.07. The largest absolute Gasteiger partial charge is 0.459 e. The van der Waals surface area contributed by atoms with Gasteiger partial charge in [0.15, 0.2) is 5.76 Å². The molecule has 2 aromatic carbocycles. The number of aryl methyl sites for hydroxylation is 1. The number of benzene rings is 2. The molecule has 1 aromatic heterocycles. The number of amides is 2. The van der Waals surface area contributed by atoms with Gasteiger partial charge in [0, 0.05) is 17.1 Å². The average Bonchev–Trinajstić information content (AvgIpc) is 3.17. The molecule has 0 aliphatic rings. The van der Waals surface area contributed by atoms with Crippen LogP contribution < -0.4 is 10.6 Å². The van der Waals surface area contributed by atoms with Crippen molar-refractivity contribution in [2.75, 3.05) is 16.4 Å². The zero-order chi connectivity index (χ0) is 19.1. The highest BCUT2D eigenvalue weighted by atomic mass is 32.2. The number of thioether (sulfide) groups is 1. The molecule has 0 aliphatic carbocycles. The van der Waals surface area contributed by atoms with Gasteiger partial charge in [-0.3, -0.25) is 9.59 Å². The van der Waals surface area contributed by atoms with Gasteiger partial charge in [-0.25, -0.2) is 0 Å². The van der Waals surface area contributed by atoms with E-state index in [0.717, 1.165) is 5.75 Å². The van der Waals surface area contributed by atoms with Crippen molar-refractivity contribution in [1.29, 1.82) is 0 Å². The van der Waals surface area contributed by atoms with Crippen molar-refractivity contribution in [1.82, 2.24) is 0 Å². The van der Waals surface area contributed by atoms with Gasteiger partial charge in [-0.1, -0.05) is 35.9 Å². The van der Waals surface area contributed by atoms with E-state index in [9.17, 15) is 9.59 Å². The van der Waals surface area contributed by atoms with Crippen LogP contribution in [0.2, 0.25) is 0 Å². The van der Waals surface area contributed by atoms with Crippen molar-refractivity contribution in [3.05, 3.63) is 83.8 Å². The van der Waals surface area contributed by atoms with E-state index in [-0.39, 0.29) is 17.6 Å². The molecule has 5 nitrogen and oxygen atoms in total. The van der Waals surface area contributed by atoms with E-state index in [0.29, 0.717) is 17.1 Å². The van der Waals surface area contributed by atoms with Crippen molar-refractivity contribution in [3.63, 3.8) is 0 Å². The number of furan rings is 1. The van der Waals surface area contributed by atoms with E-state index >= 15 is 0 Å². The highest BCUT2D eigenvalue weighted by Gasteiger charge is 2.09. The normalized spacial score (nSPS) is 10.4. The molecule has 0 fully saturated rings. The van der Waals surface area contributed by atoms with Gasteiger partial charge in [0.1, 0.15) is 0 Å². The number of nitrogens with one attached hydrogen (secondary N) is 2. The van der Waals surface area contributed by atoms with Crippen molar-refractivity contribution in [2.45, 2.75) is 12.7 Å². The first kappa shape index (κ1) is 18.8. The fourth-order valence-electron chi connectivity index (χ4n) is 2.54. The Labute approximate surface area is 162 Å². The van der Waals surface area contributed by atoms with Crippen LogP contribution in [0, 0.1) is 6.92 Å². The van der Waals surface area contributed by atoms with E-state index in [1.807, 2.05) is 6.07 Å². The molecular formula is C21H20N2O3S. The molecule has 2 amide bonds. The number of carbonyl (C=O) groups is 2. The van der Waals surface area contributed by atoms with Crippen LogP contribution in [0.15, 0.2) is 71.3 Å². The Morgan fingerprint density at radius 3 is 2.48 bits per heavy atom. The second kappa shape index (κ2) is 9.09. The summed E-state index contributed by atoms with van der Waals surface area (Å²) >= 11 is 1.56. The first-order valence-electron chi connectivity index (χ1n) is 8.48. The van der Waals surface area contributed by atoms with Crippen LogP contribution in [0.3, 0.4) is 0 Å². The second-order valence-electron chi connectivity index (χ2n) is 6.04. The number of carbonyl (C=O) groups excluding carboxylic acids is 2. The summed E-state index contributed by atoms with van der Waals surface area (Å²) in [6.45, 7) is 2.05. The quantitative estimate of drug-likeness (QED) is 0.623. The van der Waals surface area contributed by atoms with E-state index < -0.39 is 0 Å². The van der Waals surface area contributed by atoms with Gasteiger partial charge in [0.05, 0.1) is 12.0 Å². The molecule has 0 radical (unpaired) electrons. The van der Waals surface area contributed by atoms with Gasteiger partial charge < -0.3 is 15.1 Å². The minimum Gasteiger partial charge on any atom is -0.459 e. The highest BCUT2D eigenvalue weighted by molar-refractivity contribution is 7.99. The number of hydrogen-bond donors (Lipinski definition) is 2. The molecule has 1 heterocycles. The third-order valence-corrected chi connectivity index (χ3v) is 4.74. The lowest BCUT2D eigenvalue weighted by atomic mass is 10.2. The van der Waals surface area contributed by atoms with Crippen molar-refractivity contribution in [2.24, 2.45) is 0 Å². The molecule has 0 saturated carbocycles. The summed E-state index contributed by atoms with van der Waals surface area (Å²) in [5.41, 5.74) is 3.64. The maximum absolute atomic E-state index is 12.2. The van der Waals surface area contributed by atoms with Crippen LogP contribution >= 0.6 is 11.8 Å². The lowest BCUT2D eigenvalue weighted by Crippen LogP contribution is -2.15. The Bertz CT molecular complexity index is 923. The zero-order valence-corrected chi connectivity index (χ0v) is 15.7. The van der Waals surface area contributed by atoms with Gasteiger partial charge in [0.2, 0.25) is 5.91 Å². The summed E-state index contributed by atoms with van der Waals surface area (Å²) in [4.78, 5) is 24.2. The van der Waals surface area contributed by atoms with Crippen molar-refractivity contribution < 1.29 is 14.0 Å². The Kier molecular flexibility index (Phi) is 6.33. The Balaban J connectivity index is 1.49. The highest BCUT2D eigenvalue weighted by Crippen LogP contribution is 2.18. The van der Waals surface area contributed by atoms with Crippen LogP contribution in [0.4, 0.5) is 11.4 Å². The lowest BCUT2D eigenvalue weighted by Gasteiger charge is -2.08. The topological polar surface area (TPSA) is 71.3 Å². The number of hydrogen-bond acceptors (Lipinski definition) is 4. The van der Waals surface area contributed by atoms with Gasteiger partial charge in [-0.05, 0) is 42.8 Å².